The van der Waals surface area contributed by atoms with Crippen molar-refractivity contribution in [2.24, 2.45) is 0 Å². The Kier molecular flexibility index (Phi) is 7.59. The van der Waals surface area contributed by atoms with Crippen molar-refractivity contribution in [3.05, 3.63) is 40.1 Å². The molecule has 0 saturated carbocycles. The molecule has 2 heterocycles. The summed E-state index contributed by atoms with van der Waals surface area (Å²) in [7, 11) is 1.63. The average molecular weight is 447 g/mol. The topological polar surface area (TPSA) is 77.5 Å². The normalized spacial score (nSPS) is 18.6. The van der Waals surface area contributed by atoms with Crippen molar-refractivity contribution in [1.82, 2.24) is 9.96 Å². The third-order valence-electron chi connectivity index (χ3n) is 6.23. The highest BCUT2D eigenvalue weighted by molar-refractivity contribution is 6.24. The van der Waals surface area contributed by atoms with Gasteiger partial charge >= 0.3 is 6.16 Å². The van der Waals surface area contributed by atoms with Crippen LogP contribution in [0.4, 0.5) is 4.79 Å². The molecule has 1 aromatic rings. The van der Waals surface area contributed by atoms with Crippen LogP contribution in [0.2, 0.25) is 0 Å². The molecule has 3 rings (SSSR count). The number of piperidine rings is 1. The van der Waals surface area contributed by atoms with Crippen LogP contribution in [0.1, 0.15) is 48.9 Å². The van der Waals surface area contributed by atoms with Crippen LogP contribution in [0.5, 0.6) is 0 Å². The highest BCUT2D eigenvalue weighted by atomic mass is 16.7. The molecule has 0 N–H and O–H groups in total. The van der Waals surface area contributed by atoms with Gasteiger partial charge in [0.2, 0.25) is 0 Å². The van der Waals surface area contributed by atoms with Crippen molar-refractivity contribution >= 4 is 17.6 Å². The van der Waals surface area contributed by atoms with Gasteiger partial charge in [-0.2, -0.15) is 5.06 Å². The van der Waals surface area contributed by atoms with Crippen molar-refractivity contribution in [2.45, 2.75) is 53.0 Å². The summed E-state index contributed by atoms with van der Waals surface area (Å²) in [6.07, 6.45) is 0.283. The number of aryl methyl sites for hydroxylation is 3. The maximum Gasteiger partial charge on any atom is 0.513 e. The minimum Gasteiger partial charge on any atom is -0.434 e. The van der Waals surface area contributed by atoms with Gasteiger partial charge < -0.3 is 23.9 Å². The largest absolute Gasteiger partial charge is 0.513 e. The first-order chi connectivity index (χ1) is 15.3. The lowest BCUT2D eigenvalue weighted by atomic mass is 9.84. The number of hydroxylamine groups is 2. The molecular weight excluding hydrogens is 412 g/mol. The molecule has 0 aliphatic carbocycles. The number of ether oxygens (including phenoxy) is 3. The molecule has 8 nitrogen and oxygen atoms in total. The SMILES string of the molecule is CCOCN1C(=O)C(c2c(C)cc(C)cc2C)=C(OC(=O)OCC)C12CCN(OC)CC2. The Morgan fingerprint density at radius 2 is 1.69 bits per heavy atom. The Morgan fingerprint density at radius 3 is 2.22 bits per heavy atom. The molecule has 1 amide bonds. The molecule has 1 fully saturated rings. The molecule has 0 bridgehead atoms. The van der Waals surface area contributed by atoms with Crippen molar-refractivity contribution in [2.75, 3.05) is 40.1 Å². The van der Waals surface area contributed by atoms with E-state index in [1.807, 2.05) is 44.9 Å². The predicted molar refractivity (Wildman–Crippen MR) is 120 cm³/mol. The van der Waals surface area contributed by atoms with Crippen molar-refractivity contribution in [3.8, 4) is 0 Å². The summed E-state index contributed by atoms with van der Waals surface area (Å²) in [5.41, 5.74) is 3.42. The second-order valence-corrected chi connectivity index (χ2v) is 8.26. The van der Waals surface area contributed by atoms with E-state index in [-0.39, 0.29) is 19.2 Å². The number of nitrogens with zero attached hydrogens (tertiary/aromatic N) is 2. The van der Waals surface area contributed by atoms with Gasteiger partial charge in [0.1, 0.15) is 12.3 Å². The summed E-state index contributed by atoms with van der Waals surface area (Å²) in [4.78, 5) is 33.5. The van der Waals surface area contributed by atoms with Crippen LogP contribution in [0.15, 0.2) is 17.9 Å². The minimum absolute atomic E-state index is 0.117. The van der Waals surface area contributed by atoms with Gasteiger partial charge in [0.05, 0.1) is 19.3 Å². The smallest absolute Gasteiger partial charge is 0.434 e. The Hall–Kier alpha value is -2.42. The summed E-state index contributed by atoms with van der Waals surface area (Å²) >= 11 is 0. The fourth-order valence-corrected chi connectivity index (χ4v) is 4.85. The van der Waals surface area contributed by atoms with Gasteiger partial charge in [0.15, 0.2) is 5.76 Å². The number of carbonyl (C=O) groups excluding carboxylic acids is 2. The van der Waals surface area contributed by atoms with Crippen LogP contribution in [0.25, 0.3) is 5.57 Å². The Labute approximate surface area is 190 Å². The first-order valence-electron chi connectivity index (χ1n) is 11.1. The van der Waals surface area contributed by atoms with E-state index in [1.54, 1.807) is 18.9 Å². The van der Waals surface area contributed by atoms with Gasteiger partial charge in [-0.3, -0.25) is 4.79 Å². The van der Waals surface area contributed by atoms with E-state index >= 15 is 0 Å². The third-order valence-corrected chi connectivity index (χ3v) is 6.23. The minimum atomic E-state index is -0.812. The summed E-state index contributed by atoms with van der Waals surface area (Å²) in [6, 6.07) is 4.08. The van der Waals surface area contributed by atoms with Crippen LogP contribution in [-0.2, 0) is 23.8 Å². The van der Waals surface area contributed by atoms with E-state index in [9.17, 15) is 9.59 Å². The maximum absolute atomic E-state index is 13.9. The quantitative estimate of drug-likeness (QED) is 0.591. The molecule has 0 aromatic heterocycles. The van der Waals surface area contributed by atoms with Gasteiger partial charge in [-0.15, -0.1) is 0 Å². The standard InChI is InChI=1S/C24H34N2O6/c1-7-30-15-26-22(27)20(19-17(4)13-16(3)14-18(19)5)21(32-23(28)31-8-2)24(26)9-11-25(29-6)12-10-24/h13-14H,7-12,15H2,1-6H3. The van der Waals surface area contributed by atoms with Crippen LogP contribution >= 0.6 is 0 Å². The molecule has 0 radical (unpaired) electrons. The molecule has 1 aromatic carbocycles. The highest BCUT2D eigenvalue weighted by Gasteiger charge is 2.56. The third kappa shape index (κ3) is 4.40. The second-order valence-electron chi connectivity index (χ2n) is 8.26. The fourth-order valence-electron chi connectivity index (χ4n) is 4.85. The maximum atomic E-state index is 13.9. The second kappa shape index (κ2) is 10.0. The first-order valence-corrected chi connectivity index (χ1v) is 11.1. The van der Waals surface area contributed by atoms with Gasteiger partial charge in [0, 0.05) is 19.7 Å². The molecule has 1 saturated heterocycles. The monoisotopic (exact) mass is 446 g/mol. The van der Waals surface area contributed by atoms with E-state index in [2.05, 4.69) is 0 Å². The number of hydrogen-bond donors (Lipinski definition) is 0. The van der Waals surface area contributed by atoms with E-state index in [0.29, 0.717) is 43.9 Å². The molecule has 0 unspecified atom stereocenters. The van der Waals surface area contributed by atoms with Gasteiger partial charge in [0.25, 0.3) is 5.91 Å². The summed E-state index contributed by atoms with van der Waals surface area (Å²) in [6.45, 7) is 11.5. The van der Waals surface area contributed by atoms with Crippen LogP contribution in [-0.4, -0.2) is 67.7 Å². The molecule has 1 spiro atoms. The molecule has 8 heteroatoms. The molecular formula is C24H34N2O6. The lowest BCUT2D eigenvalue weighted by molar-refractivity contribution is -0.170. The summed E-state index contributed by atoms with van der Waals surface area (Å²) in [5.74, 6) is 0.158. The van der Waals surface area contributed by atoms with Gasteiger partial charge in [-0.1, -0.05) is 17.7 Å². The lowest BCUT2D eigenvalue weighted by Gasteiger charge is -2.44. The highest BCUT2D eigenvalue weighted by Crippen LogP contribution is 2.48. The first kappa shape index (κ1) is 24.2. The van der Waals surface area contributed by atoms with Crippen molar-refractivity contribution < 1.29 is 28.6 Å². The zero-order chi connectivity index (χ0) is 23.5. The summed E-state index contributed by atoms with van der Waals surface area (Å²) < 4.78 is 16.6. The predicted octanol–water partition coefficient (Wildman–Crippen LogP) is 3.73. The Bertz CT molecular complexity index is 879. The van der Waals surface area contributed by atoms with E-state index in [0.717, 1.165) is 22.3 Å². The van der Waals surface area contributed by atoms with Crippen LogP contribution in [0, 0.1) is 20.8 Å². The average Bonchev–Trinajstić information content (AvgIpc) is 2.94. The van der Waals surface area contributed by atoms with Crippen molar-refractivity contribution in [1.29, 1.82) is 0 Å². The Morgan fingerprint density at radius 1 is 1.06 bits per heavy atom. The Balaban J connectivity index is 2.21. The van der Waals surface area contributed by atoms with Crippen molar-refractivity contribution in [3.63, 3.8) is 0 Å². The van der Waals surface area contributed by atoms with Crippen LogP contribution < -0.4 is 0 Å². The zero-order valence-corrected chi connectivity index (χ0v) is 19.9. The van der Waals surface area contributed by atoms with E-state index in [4.69, 9.17) is 19.0 Å². The molecule has 2 aliphatic rings. The van der Waals surface area contributed by atoms with Gasteiger partial charge in [-0.05, 0) is 64.2 Å². The molecule has 176 valence electrons. The van der Waals surface area contributed by atoms with Crippen LogP contribution in [0.3, 0.4) is 0 Å². The van der Waals surface area contributed by atoms with Gasteiger partial charge in [-0.25, -0.2) is 4.79 Å². The zero-order valence-electron chi connectivity index (χ0n) is 19.9. The lowest BCUT2D eigenvalue weighted by Crippen LogP contribution is -2.56. The molecule has 2 aliphatic heterocycles. The summed E-state index contributed by atoms with van der Waals surface area (Å²) in [5, 5.41) is 1.84. The molecule has 32 heavy (non-hydrogen) atoms. The number of hydrogen-bond acceptors (Lipinski definition) is 7. The number of rotatable bonds is 7. The number of carbonyl (C=O) groups is 2. The molecule has 0 atom stereocenters. The number of amides is 1. The number of benzene rings is 1. The van der Waals surface area contributed by atoms with E-state index in [1.165, 1.54) is 0 Å². The van der Waals surface area contributed by atoms with E-state index < -0.39 is 11.7 Å². The fraction of sp³-hybridized carbons (Fsp3) is 0.583.